The number of alkyl carbamates (subject to hydrolysis) is 1. The quantitative estimate of drug-likeness (QED) is 0.142. The van der Waals surface area contributed by atoms with Gasteiger partial charge in [0, 0.05) is 12.8 Å². The average molecular weight is 593 g/mol. The molecule has 3 aromatic rings. The van der Waals surface area contributed by atoms with Gasteiger partial charge in [-0.25, -0.2) is 4.79 Å². The Labute approximate surface area is 246 Å². The summed E-state index contributed by atoms with van der Waals surface area (Å²) in [5.41, 5.74) is 7.23. The van der Waals surface area contributed by atoms with Crippen LogP contribution in [-0.4, -0.2) is 63.2 Å². The Morgan fingerprint density at radius 2 is 1.14 bits per heavy atom. The largest absolute Gasteiger partial charge is 0.508 e. The zero-order valence-electron chi connectivity index (χ0n) is 22.9. The van der Waals surface area contributed by atoms with Crippen LogP contribution in [-0.2, 0) is 43.4 Å². The number of carboxylic acids is 1. The number of rotatable bonds is 14. The van der Waals surface area contributed by atoms with Gasteiger partial charge in [-0.3, -0.25) is 19.2 Å². The van der Waals surface area contributed by atoms with Gasteiger partial charge < -0.3 is 41.7 Å². The predicted molar refractivity (Wildman–Crippen MR) is 152 cm³/mol. The normalized spacial score (nSPS) is 12.7. The summed E-state index contributed by atoms with van der Waals surface area (Å²) in [6.45, 7) is -0.0835. The molecule has 0 spiro atoms. The molecule has 43 heavy (non-hydrogen) atoms. The lowest BCUT2D eigenvalue weighted by atomic mass is 10.0. The second-order valence-electron chi connectivity index (χ2n) is 9.62. The molecule has 3 rings (SSSR count). The fraction of sp³-hybridized carbons (Fsp3) is 0.233. The SMILES string of the molecule is NC(=O)[C@H](Cc1ccc(O)cc1)NC(=O)[C@H](CC(=O)O)NC(=O)[C@H](Cc1ccc(O)cc1)NC(=O)OCc1ccccc1. The van der Waals surface area contributed by atoms with E-state index in [2.05, 4.69) is 16.0 Å². The van der Waals surface area contributed by atoms with E-state index < -0.39 is 54.3 Å². The lowest BCUT2D eigenvalue weighted by Gasteiger charge is -2.24. The number of amides is 4. The van der Waals surface area contributed by atoms with Gasteiger partial charge in [-0.1, -0.05) is 54.6 Å². The van der Waals surface area contributed by atoms with Crippen LogP contribution in [0.5, 0.6) is 11.5 Å². The maximum absolute atomic E-state index is 13.3. The number of benzene rings is 3. The van der Waals surface area contributed by atoms with Crippen molar-refractivity contribution in [2.24, 2.45) is 5.73 Å². The van der Waals surface area contributed by atoms with Crippen LogP contribution in [0.4, 0.5) is 4.79 Å². The Bertz CT molecular complexity index is 1410. The van der Waals surface area contributed by atoms with Crippen molar-refractivity contribution < 1.29 is 44.0 Å². The Morgan fingerprint density at radius 3 is 1.65 bits per heavy atom. The zero-order chi connectivity index (χ0) is 31.4. The highest BCUT2D eigenvalue weighted by molar-refractivity contribution is 5.95. The number of primary amides is 1. The van der Waals surface area contributed by atoms with E-state index in [1.54, 1.807) is 30.3 Å². The van der Waals surface area contributed by atoms with E-state index in [1.165, 1.54) is 48.5 Å². The van der Waals surface area contributed by atoms with E-state index in [0.29, 0.717) is 16.7 Å². The lowest BCUT2D eigenvalue weighted by molar-refractivity contribution is -0.141. The van der Waals surface area contributed by atoms with Crippen molar-refractivity contribution in [2.45, 2.75) is 44.0 Å². The number of carboxylic acid groups (broad SMARTS) is 1. The molecular formula is C30H32N4O9. The van der Waals surface area contributed by atoms with E-state index in [1.807, 2.05) is 0 Å². The minimum absolute atomic E-state index is 0.00735. The average Bonchev–Trinajstić information content (AvgIpc) is 2.97. The number of nitrogens with one attached hydrogen (secondary N) is 3. The smallest absolute Gasteiger partial charge is 0.408 e. The number of hydrogen-bond acceptors (Lipinski definition) is 8. The number of hydrogen-bond donors (Lipinski definition) is 7. The van der Waals surface area contributed by atoms with Crippen LogP contribution in [0.2, 0.25) is 0 Å². The highest BCUT2D eigenvalue weighted by atomic mass is 16.5. The molecule has 0 heterocycles. The van der Waals surface area contributed by atoms with Gasteiger partial charge in [0.05, 0.1) is 6.42 Å². The zero-order valence-corrected chi connectivity index (χ0v) is 22.9. The number of aromatic hydroxyl groups is 2. The molecule has 0 aliphatic rings. The van der Waals surface area contributed by atoms with Crippen molar-refractivity contribution in [1.82, 2.24) is 16.0 Å². The van der Waals surface area contributed by atoms with Gasteiger partial charge in [0.1, 0.15) is 36.2 Å². The maximum Gasteiger partial charge on any atom is 0.408 e. The Kier molecular flexibility index (Phi) is 11.5. The summed E-state index contributed by atoms with van der Waals surface area (Å²) in [5.74, 6) is -4.25. The van der Waals surface area contributed by atoms with Gasteiger partial charge in [-0.05, 0) is 41.0 Å². The van der Waals surface area contributed by atoms with Crippen LogP contribution in [0.1, 0.15) is 23.1 Å². The van der Waals surface area contributed by atoms with E-state index in [-0.39, 0.29) is 30.9 Å². The van der Waals surface area contributed by atoms with Crippen LogP contribution in [0.15, 0.2) is 78.9 Å². The molecule has 0 fully saturated rings. The van der Waals surface area contributed by atoms with Crippen LogP contribution in [0.3, 0.4) is 0 Å². The Balaban J connectivity index is 1.74. The van der Waals surface area contributed by atoms with Gasteiger partial charge in [0.25, 0.3) is 0 Å². The standard InChI is InChI=1S/C30H32N4O9/c31-27(39)23(14-18-6-10-21(35)11-7-18)32-29(41)25(16-26(37)38)33-28(40)24(15-19-8-12-22(36)13-9-19)34-30(42)43-17-20-4-2-1-3-5-20/h1-13,23-25,35-36H,14-17H2,(H2,31,39)(H,32,41)(H,33,40)(H,34,42)(H,37,38)/t23-,24-,25-/m0/s1. The molecule has 0 aliphatic carbocycles. The van der Waals surface area contributed by atoms with Gasteiger partial charge in [-0.2, -0.15) is 0 Å². The first-order chi connectivity index (χ1) is 20.5. The second-order valence-corrected chi connectivity index (χ2v) is 9.62. The molecule has 3 atom stereocenters. The van der Waals surface area contributed by atoms with Crippen LogP contribution in [0.25, 0.3) is 0 Å². The molecule has 0 bridgehead atoms. The van der Waals surface area contributed by atoms with Crippen molar-refractivity contribution in [3.63, 3.8) is 0 Å². The third-order valence-electron chi connectivity index (χ3n) is 6.25. The predicted octanol–water partition coefficient (Wildman–Crippen LogP) is 1.11. The van der Waals surface area contributed by atoms with Crippen molar-refractivity contribution in [3.8, 4) is 11.5 Å². The summed E-state index contributed by atoms with van der Waals surface area (Å²) in [7, 11) is 0. The number of aliphatic carboxylic acids is 1. The molecule has 0 saturated carbocycles. The first-order valence-electron chi connectivity index (χ1n) is 13.1. The summed E-state index contributed by atoms with van der Waals surface area (Å²) in [6, 6.07) is 16.2. The van der Waals surface area contributed by atoms with Gasteiger partial charge in [0.15, 0.2) is 0 Å². The van der Waals surface area contributed by atoms with Crippen LogP contribution >= 0.6 is 0 Å². The maximum atomic E-state index is 13.3. The first-order valence-corrected chi connectivity index (χ1v) is 13.1. The molecule has 8 N–H and O–H groups in total. The van der Waals surface area contributed by atoms with Crippen molar-refractivity contribution in [3.05, 3.63) is 95.6 Å². The van der Waals surface area contributed by atoms with E-state index in [9.17, 15) is 39.3 Å². The molecule has 226 valence electrons. The molecule has 3 aromatic carbocycles. The van der Waals surface area contributed by atoms with Crippen molar-refractivity contribution in [2.75, 3.05) is 0 Å². The molecule has 0 radical (unpaired) electrons. The summed E-state index contributed by atoms with van der Waals surface area (Å²) in [6.07, 6.45) is -1.94. The second kappa shape index (κ2) is 15.4. The first kappa shape index (κ1) is 31.9. The monoisotopic (exact) mass is 592 g/mol. The van der Waals surface area contributed by atoms with Crippen LogP contribution in [0, 0.1) is 0 Å². The summed E-state index contributed by atoms with van der Waals surface area (Å²) in [5, 5.41) is 35.6. The minimum Gasteiger partial charge on any atom is -0.508 e. The third kappa shape index (κ3) is 10.7. The molecule has 0 unspecified atom stereocenters. The van der Waals surface area contributed by atoms with Crippen molar-refractivity contribution in [1.29, 1.82) is 0 Å². The number of nitrogens with two attached hydrogens (primary N) is 1. The number of carbonyl (C=O) groups is 5. The number of ether oxygens (including phenoxy) is 1. The highest BCUT2D eigenvalue weighted by Gasteiger charge is 2.31. The molecule has 13 nitrogen and oxygen atoms in total. The molecular weight excluding hydrogens is 560 g/mol. The van der Waals surface area contributed by atoms with Gasteiger partial charge in [0.2, 0.25) is 17.7 Å². The topological polar surface area (TPSA) is 217 Å². The minimum atomic E-state index is -1.64. The fourth-order valence-corrected chi connectivity index (χ4v) is 4.00. The third-order valence-corrected chi connectivity index (χ3v) is 6.25. The number of phenolic OH excluding ortho intramolecular Hbond substituents is 2. The van der Waals surface area contributed by atoms with Crippen LogP contribution < -0.4 is 21.7 Å². The van der Waals surface area contributed by atoms with E-state index in [0.717, 1.165) is 0 Å². The summed E-state index contributed by atoms with van der Waals surface area (Å²) < 4.78 is 5.22. The van der Waals surface area contributed by atoms with Crippen molar-refractivity contribution >= 4 is 29.8 Å². The van der Waals surface area contributed by atoms with E-state index >= 15 is 0 Å². The Hall–Kier alpha value is -5.59. The molecule has 4 amide bonds. The van der Waals surface area contributed by atoms with Gasteiger partial charge >= 0.3 is 12.1 Å². The van der Waals surface area contributed by atoms with Gasteiger partial charge in [-0.15, -0.1) is 0 Å². The molecule has 0 aromatic heterocycles. The summed E-state index contributed by atoms with van der Waals surface area (Å²) >= 11 is 0. The lowest BCUT2D eigenvalue weighted by Crippen LogP contribution is -2.57. The highest BCUT2D eigenvalue weighted by Crippen LogP contribution is 2.13. The fourth-order valence-electron chi connectivity index (χ4n) is 4.00. The Morgan fingerprint density at radius 1 is 0.651 bits per heavy atom. The summed E-state index contributed by atoms with van der Waals surface area (Å²) in [4.78, 5) is 62.7. The molecule has 0 saturated heterocycles. The van der Waals surface area contributed by atoms with E-state index in [4.69, 9.17) is 10.5 Å². The molecule has 0 aliphatic heterocycles. The molecule has 13 heteroatoms. The number of carbonyl (C=O) groups excluding carboxylic acids is 4. The number of phenols is 2.